The summed E-state index contributed by atoms with van der Waals surface area (Å²) in [6.45, 7) is 7.58. The summed E-state index contributed by atoms with van der Waals surface area (Å²) in [5, 5.41) is 2.91. The predicted molar refractivity (Wildman–Crippen MR) is 119 cm³/mol. The Bertz CT molecular complexity index is 1150. The quantitative estimate of drug-likeness (QED) is 0.535. The van der Waals surface area contributed by atoms with Gasteiger partial charge in [-0.05, 0) is 61.7 Å². The van der Waals surface area contributed by atoms with Gasteiger partial charge in [-0.3, -0.25) is 4.79 Å². The van der Waals surface area contributed by atoms with Crippen molar-refractivity contribution in [2.75, 3.05) is 5.32 Å². The molecule has 1 N–H and O–H groups in total. The van der Waals surface area contributed by atoms with Crippen LogP contribution in [0.15, 0.2) is 71.6 Å². The summed E-state index contributed by atoms with van der Waals surface area (Å²) < 4.78 is 31.0. The number of hydrogen-bond donors (Lipinski definition) is 1. The molecule has 30 heavy (non-hydrogen) atoms. The number of carbonyl (C=O) groups is 1. The molecule has 6 heteroatoms. The van der Waals surface area contributed by atoms with E-state index in [1.807, 2.05) is 26.8 Å². The van der Waals surface area contributed by atoms with Gasteiger partial charge in [-0.1, -0.05) is 49.7 Å². The van der Waals surface area contributed by atoms with Crippen molar-refractivity contribution in [2.24, 2.45) is 0 Å². The lowest BCUT2D eigenvalue weighted by molar-refractivity contribution is 0.102. The number of rotatable bonds is 6. The lowest BCUT2D eigenvalue weighted by atomic mass is 9.99. The fourth-order valence-electron chi connectivity index (χ4n) is 3.01. The van der Waals surface area contributed by atoms with Crippen LogP contribution in [0.5, 0.6) is 5.75 Å². The van der Waals surface area contributed by atoms with E-state index < -0.39 is 10.1 Å². The third-order valence-corrected chi connectivity index (χ3v) is 6.02. The first kappa shape index (κ1) is 21.6. The van der Waals surface area contributed by atoms with Crippen LogP contribution in [0.4, 0.5) is 5.69 Å². The maximum absolute atomic E-state index is 12.8. The Balaban J connectivity index is 1.93. The zero-order valence-electron chi connectivity index (χ0n) is 17.5. The molecular weight excluding hydrogens is 398 g/mol. The second-order valence-electron chi connectivity index (χ2n) is 7.53. The maximum Gasteiger partial charge on any atom is 0.339 e. The predicted octanol–water partition coefficient (Wildman–Crippen LogP) is 5.45. The van der Waals surface area contributed by atoms with E-state index >= 15 is 0 Å². The lowest BCUT2D eigenvalue weighted by Gasteiger charge is -2.18. The minimum Gasteiger partial charge on any atom is -0.379 e. The molecule has 0 aliphatic heterocycles. The van der Waals surface area contributed by atoms with Crippen LogP contribution in [0.1, 0.15) is 46.8 Å². The van der Waals surface area contributed by atoms with E-state index in [2.05, 4.69) is 5.32 Å². The van der Waals surface area contributed by atoms with Crippen molar-refractivity contribution in [1.29, 1.82) is 0 Å². The van der Waals surface area contributed by atoms with Gasteiger partial charge in [0.25, 0.3) is 5.91 Å². The van der Waals surface area contributed by atoms with Gasteiger partial charge in [-0.25, -0.2) is 0 Å². The largest absolute Gasteiger partial charge is 0.379 e. The van der Waals surface area contributed by atoms with Crippen molar-refractivity contribution in [3.63, 3.8) is 0 Å². The molecule has 3 rings (SSSR count). The molecule has 0 atom stereocenters. The van der Waals surface area contributed by atoms with E-state index in [0.29, 0.717) is 22.4 Å². The standard InChI is InChI=1S/C24H25NO4S/c1-16(2)21-15-22(25-24(26)19-8-6-5-7-9-19)18(4)14-23(21)29-30(27,28)20-12-10-17(3)11-13-20/h5-16H,1-4H3,(H,25,26). The van der Waals surface area contributed by atoms with Gasteiger partial charge < -0.3 is 9.50 Å². The van der Waals surface area contributed by atoms with E-state index in [1.165, 1.54) is 12.1 Å². The van der Waals surface area contributed by atoms with Gasteiger partial charge in [0.2, 0.25) is 0 Å². The summed E-state index contributed by atoms with van der Waals surface area (Å²) in [5.74, 6) is 0.0244. The fourth-order valence-corrected chi connectivity index (χ4v) is 3.96. The molecule has 1 amide bonds. The molecule has 0 unspecified atom stereocenters. The van der Waals surface area contributed by atoms with Gasteiger partial charge in [0.15, 0.2) is 0 Å². The smallest absolute Gasteiger partial charge is 0.339 e. The van der Waals surface area contributed by atoms with Crippen LogP contribution < -0.4 is 9.50 Å². The molecular formula is C24H25NO4S. The SMILES string of the molecule is Cc1ccc(S(=O)(=O)Oc2cc(C)c(NC(=O)c3ccccc3)cc2C(C)C)cc1. The fraction of sp³-hybridized carbons (Fsp3) is 0.208. The summed E-state index contributed by atoms with van der Waals surface area (Å²) in [6, 6.07) is 18.9. The molecule has 0 saturated carbocycles. The average molecular weight is 424 g/mol. The molecule has 0 aliphatic rings. The normalized spacial score (nSPS) is 11.4. The van der Waals surface area contributed by atoms with E-state index in [0.717, 1.165) is 5.56 Å². The Morgan fingerprint density at radius 1 is 0.933 bits per heavy atom. The zero-order valence-corrected chi connectivity index (χ0v) is 18.3. The summed E-state index contributed by atoms with van der Waals surface area (Å²) in [7, 11) is -3.97. The average Bonchev–Trinajstić information content (AvgIpc) is 2.70. The highest BCUT2D eigenvalue weighted by atomic mass is 32.2. The van der Waals surface area contributed by atoms with Crippen LogP contribution in [0.2, 0.25) is 0 Å². The van der Waals surface area contributed by atoms with Crippen molar-refractivity contribution in [3.8, 4) is 5.75 Å². The number of hydrogen-bond acceptors (Lipinski definition) is 4. The number of benzene rings is 3. The Morgan fingerprint density at radius 3 is 2.17 bits per heavy atom. The molecule has 0 aromatic heterocycles. The molecule has 3 aromatic rings. The highest BCUT2D eigenvalue weighted by Gasteiger charge is 2.21. The molecule has 0 aliphatic carbocycles. The number of carbonyl (C=O) groups excluding carboxylic acids is 1. The topological polar surface area (TPSA) is 72.5 Å². The second-order valence-corrected chi connectivity index (χ2v) is 9.08. The Hall–Kier alpha value is -3.12. The Labute approximate surface area is 177 Å². The summed E-state index contributed by atoms with van der Waals surface area (Å²) in [5.41, 5.74) is 3.53. The van der Waals surface area contributed by atoms with Gasteiger partial charge in [0, 0.05) is 16.8 Å². The van der Waals surface area contributed by atoms with Crippen molar-refractivity contribution in [2.45, 2.75) is 38.5 Å². The molecule has 3 aromatic carbocycles. The minimum atomic E-state index is -3.97. The number of nitrogens with one attached hydrogen (secondary N) is 1. The van der Waals surface area contributed by atoms with Gasteiger partial charge in [-0.2, -0.15) is 8.42 Å². The monoisotopic (exact) mass is 423 g/mol. The molecule has 5 nitrogen and oxygen atoms in total. The first-order valence-corrected chi connectivity index (χ1v) is 11.1. The second kappa shape index (κ2) is 8.71. The highest BCUT2D eigenvalue weighted by Crippen LogP contribution is 2.34. The van der Waals surface area contributed by atoms with Crippen LogP contribution in [0.3, 0.4) is 0 Å². The van der Waals surface area contributed by atoms with Gasteiger partial charge >= 0.3 is 10.1 Å². The molecule has 0 spiro atoms. The van der Waals surface area contributed by atoms with Crippen molar-refractivity contribution in [3.05, 3.63) is 89.0 Å². The summed E-state index contributed by atoms with van der Waals surface area (Å²) in [4.78, 5) is 12.6. The third kappa shape index (κ3) is 4.89. The Kier molecular flexibility index (Phi) is 6.27. The highest BCUT2D eigenvalue weighted by molar-refractivity contribution is 7.87. The zero-order chi connectivity index (χ0) is 21.9. The van der Waals surface area contributed by atoms with E-state index in [-0.39, 0.29) is 22.5 Å². The van der Waals surface area contributed by atoms with Crippen LogP contribution in [-0.2, 0) is 10.1 Å². The number of amides is 1. The molecule has 0 radical (unpaired) electrons. The van der Waals surface area contributed by atoms with Gasteiger partial charge in [0.05, 0.1) is 0 Å². The molecule has 0 saturated heterocycles. The molecule has 0 bridgehead atoms. The van der Waals surface area contributed by atoms with Crippen LogP contribution in [-0.4, -0.2) is 14.3 Å². The minimum absolute atomic E-state index is 0.0128. The first-order chi connectivity index (χ1) is 14.2. The van der Waals surface area contributed by atoms with Crippen LogP contribution >= 0.6 is 0 Å². The van der Waals surface area contributed by atoms with E-state index in [4.69, 9.17) is 4.18 Å². The summed E-state index contributed by atoms with van der Waals surface area (Å²) >= 11 is 0. The van der Waals surface area contributed by atoms with Crippen LogP contribution in [0, 0.1) is 13.8 Å². The Morgan fingerprint density at radius 2 is 1.57 bits per heavy atom. The van der Waals surface area contributed by atoms with Crippen molar-refractivity contribution in [1.82, 2.24) is 0 Å². The summed E-state index contributed by atoms with van der Waals surface area (Å²) in [6.07, 6.45) is 0. The third-order valence-electron chi connectivity index (χ3n) is 4.77. The van der Waals surface area contributed by atoms with E-state index in [1.54, 1.807) is 55.5 Å². The van der Waals surface area contributed by atoms with Gasteiger partial charge in [0.1, 0.15) is 10.6 Å². The number of anilines is 1. The van der Waals surface area contributed by atoms with Crippen LogP contribution in [0.25, 0.3) is 0 Å². The molecule has 0 heterocycles. The van der Waals surface area contributed by atoms with Gasteiger partial charge in [-0.15, -0.1) is 0 Å². The van der Waals surface area contributed by atoms with E-state index in [9.17, 15) is 13.2 Å². The first-order valence-electron chi connectivity index (χ1n) is 9.69. The van der Waals surface area contributed by atoms with Crippen molar-refractivity contribution >= 4 is 21.7 Å². The lowest BCUT2D eigenvalue weighted by Crippen LogP contribution is -2.15. The van der Waals surface area contributed by atoms with Crippen molar-refractivity contribution < 1.29 is 17.4 Å². The number of aryl methyl sites for hydroxylation is 2. The maximum atomic E-state index is 12.8. The molecule has 156 valence electrons. The molecule has 0 fully saturated rings.